The lowest BCUT2D eigenvalue weighted by molar-refractivity contribution is -0.390. The van der Waals surface area contributed by atoms with Gasteiger partial charge in [-0.2, -0.15) is 10.2 Å². The van der Waals surface area contributed by atoms with Crippen LogP contribution in [0.2, 0.25) is 0 Å². The lowest BCUT2D eigenvalue weighted by atomic mass is 9.96. The third kappa shape index (κ3) is 5.06. The summed E-state index contributed by atoms with van der Waals surface area (Å²) in [5, 5.41) is 20.7. The van der Waals surface area contributed by atoms with E-state index in [4.69, 9.17) is 9.47 Å². The summed E-state index contributed by atoms with van der Waals surface area (Å²) in [4.78, 5) is 14.7. The lowest BCUT2D eigenvalue weighted by Crippen LogP contribution is -2.26. The summed E-state index contributed by atoms with van der Waals surface area (Å²) in [6.07, 6.45) is 2.98. The number of benzene rings is 1. The van der Waals surface area contributed by atoms with Crippen LogP contribution in [0.3, 0.4) is 0 Å². The molecule has 0 saturated carbocycles. The molecule has 0 bridgehead atoms. The van der Waals surface area contributed by atoms with Crippen LogP contribution >= 0.6 is 15.9 Å². The summed E-state index contributed by atoms with van der Waals surface area (Å²) >= 11 is 3.27. The third-order valence-electron chi connectivity index (χ3n) is 5.97. The van der Waals surface area contributed by atoms with Crippen molar-refractivity contribution in [2.45, 2.75) is 45.4 Å². The van der Waals surface area contributed by atoms with Crippen LogP contribution < -0.4 is 9.47 Å². The summed E-state index contributed by atoms with van der Waals surface area (Å²) in [5.74, 6) is -0.133. The zero-order valence-corrected chi connectivity index (χ0v) is 22.2. The van der Waals surface area contributed by atoms with Crippen LogP contribution in [0.25, 0.3) is 11.3 Å². The maximum absolute atomic E-state index is 14.5. The smallest absolute Gasteiger partial charge is 0.406 e. The van der Waals surface area contributed by atoms with Gasteiger partial charge < -0.3 is 19.6 Å². The number of rotatable bonds is 7. The van der Waals surface area contributed by atoms with Crippen molar-refractivity contribution in [3.05, 3.63) is 80.0 Å². The highest BCUT2D eigenvalue weighted by Crippen LogP contribution is 2.37. The number of aryl methyl sites for hydroxylation is 1. The average Bonchev–Trinajstić information content (AvgIpc) is 3.42. The molecule has 0 unspecified atom stereocenters. The number of aromatic nitrogens is 5. The summed E-state index contributed by atoms with van der Waals surface area (Å²) in [7, 11) is 1.79. The second-order valence-corrected chi connectivity index (χ2v) is 10.5. The van der Waals surface area contributed by atoms with Crippen molar-refractivity contribution in [2.24, 2.45) is 7.05 Å². The first-order valence-electron chi connectivity index (χ1n) is 11.5. The second kappa shape index (κ2) is 9.25. The first kappa shape index (κ1) is 24.9. The van der Waals surface area contributed by atoms with Crippen LogP contribution in [0.1, 0.15) is 43.7 Å². The van der Waals surface area contributed by atoms with Gasteiger partial charge in [0.05, 0.1) is 22.4 Å². The number of nitro groups is 1. The van der Waals surface area contributed by atoms with Gasteiger partial charge in [0.15, 0.2) is 6.20 Å². The van der Waals surface area contributed by atoms with Crippen molar-refractivity contribution in [3.8, 4) is 22.9 Å². The van der Waals surface area contributed by atoms with Gasteiger partial charge >= 0.3 is 5.82 Å². The van der Waals surface area contributed by atoms with Gasteiger partial charge in [0.25, 0.3) is 0 Å². The summed E-state index contributed by atoms with van der Waals surface area (Å²) in [6, 6.07) is 7.72. The molecule has 0 aliphatic carbocycles. The monoisotopic (exact) mass is 570 g/mol. The van der Waals surface area contributed by atoms with Crippen molar-refractivity contribution in [1.29, 1.82) is 0 Å². The Balaban J connectivity index is 1.49. The standard InChI is InChI=1S/C25H24BrFN6O4/c1-14(36-21-8-16(26)11-28-24(21)33(34)35)19-6-5-17(27)9-20(19)23-15(12-31(4)30-23)7-18-10-22-32(29-18)13-25(2,3)37-22/h5-6,8-12,14H,7,13H2,1-4H3/t14-/m1/s1. The Labute approximate surface area is 220 Å². The molecule has 5 rings (SSSR count). The first-order chi connectivity index (χ1) is 17.5. The molecule has 0 N–H and O–H groups in total. The fraction of sp³-hybridized carbons (Fsp3) is 0.320. The predicted octanol–water partition coefficient (Wildman–Crippen LogP) is 5.39. The molecule has 1 atom stereocenters. The number of hydrogen-bond acceptors (Lipinski definition) is 7. The van der Waals surface area contributed by atoms with Gasteiger partial charge in [-0.25, -0.2) is 9.07 Å². The Morgan fingerprint density at radius 3 is 2.81 bits per heavy atom. The normalized spacial score (nSPS) is 14.8. The molecule has 0 spiro atoms. The molecule has 1 aromatic carbocycles. The highest BCUT2D eigenvalue weighted by atomic mass is 79.9. The SMILES string of the molecule is C[C@@H](Oc1cc(Br)cnc1[N+](=O)[O-])c1ccc(F)cc1-c1nn(C)cc1Cc1cc2n(n1)CC(C)(C)O2. The molecule has 0 saturated heterocycles. The van der Waals surface area contributed by atoms with Gasteiger partial charge in [-0.3, -0.25) is 4.68 Å². The predicted molar refractivity (Wildman–Crippen MR) is 136 cm³/mol. The molecular weight excluding hydrogens is 547 g/mol. The van der Waals surface area contributed by atoms with E-state index in [2.05, 4.69) is 31.1 Å². The Morgan fingerprint density at radius 2 is 2.08 bits per heavy atom. The Hall–Kier alpha value is -3.80. The van der Waals surface area contributed by atoms with Gasteiger partial charge in [-0.05, 0) is 58.7 Å². The van der Waals surface area contributed by atoms with E-state index < -0.39 is 22.7 Å². The number of nitrogens with zero attached hydrogens (tertiary/aromatic N) is 6. The maximum Gasteiger partial charge on any atom is 0.406 e. The number of hydrogen-bond donors (Lipinski definition) is 0. The maximum atomic E-state index is 14.5. The molecule has 4 aromatic rings. The van der Waals surface area contributed by atoms with E-state index in [1.54, 1.807) is 24.7 Å². The van der Waals surface area contributed by atoms with Gasteiger partial charge in [-0.15, -0.1) is 0 Å². The topological polar surface area (TPSA) is 110 Å². The fourth-order valence-corrected chi connectivity index (χ4v) is 4.79. The molecule has 0 radical (unpaired) electrons. The van der Waals surface area contributed by atoms with Crippen LogP contribution in [0.5, 0.6) is 11.6 Å². The van der Waals surface area contributed by atoms with E-state index in [-0.39, 0.29) is 11.4 Å². The van der Waals surface area contributed by atoms with Gasteiger partial charge in [0.1, 0.15) is 17.5 Å². The van der Waals surface area contributed by atoms with Gasteiger partial charge in [0.2, 0.25) is 11.6 Å². The van der Waals surface area contributed by atoms with E-state index >= 15 is 0 Å². The minimum Gasteiger partial charge on any atom is -0.478 e. The minimum atomic E-state index is -0.674. The van der Waals surface area contributed by atoms with Crippen LogP contribution in [0, 0.1) is 15.9 Å². The van der Waals surface area contributed by atoms with Crippen molar-refractivity contribution in [3.63, 3.8) is 0 Å². The van der Waals surface area contributed by atoms with E-state index in [1.807, 2.05) is 30.8 Å². The third-order valence-corrected chi connectivity index (χ3v) is 6.40. The highest BCUT2D eigenvalue weighted by Gasteiger charge is 2.32. The Bertz CT molecular complexity index is 1490. The van der Waals surface area contributed by atoms with Crippen molar-refractivity contribution in [2.75, 3.05) is 0 Å². The molecule has 0 amide bonds. The number of fused-ring (bicyclic) bond motifs is 1. The van der Waals surface area contributed by atoms with Crippen molar-refractivity contribution < 1.29 is 18.8 Å². The number of halogens is 2. The van der Waals surface area contributed by atoms with Crippen LogP contribution in [-0.2, 0) is 20.0 Å². The molecule has 37 heavy (non-hydrogen) atoms. The Kier molecular flexibility index (Phi) is 6.22. The largest absolute Gasteiger partial charge is 0.478 e. The van der Waals surface area contributed by atoms with Crippen molar-refractivity contribution >= 4 is 21.7 Å². The van der Waals surface area contributed by atoms with E-state index in [9.17, 15) is 14.5 Å². The Morgan fingerprint density at radius 1 is 1.30 bits per heavy atom. The van der Waals surface area contributed by atoms with E-state index in [0.29, 0.717) is 40.1 Å². The molecule has 12 heteroatoms. The van der Waals surface area contributed by atoms with Crippen LogP contribution in [-0.4, -0.2) is 35.1 Å². The van der Waals surface area contributed by atoms with Gasteiger partial charge in [-0.1, -0.05) is 6.07 Å². The average molecular weight is 571 g/mol. The number of ether oxygens (including phenoxy) is 2. The van der Waals surface area contributed by atoms with Crippen molar-refractivity contribution in [1.82, 2.24) is 24.5 Å². The molecule has 4 heterocycles. The molecule has 192 valence electrons. The summed E-state index contributed by atoms with van der Waals surface area (Å²) < 4.78 is 30.4. The highest BCUT2D eigenvalue weighted by molar-refractivity contribution is 9.10. The van der Waals surface area contributed by atoms with E-state index in [1.165, 1.54) is 24.4 Å². The number of pyridine rings is 1. The molecule has 1 aliphatic heterocycles. The van der Waals surface area contributed by atoms with Gasteiger partial charge in [0, 0.05) is 48.5 Å². The first-order valence-corrected chi connectivity index (χ1v) is 12.3. The zero-order chi connectivity index (χ0) is 26.5. The molecule has 3 aromatic heterocycles. The van der Waals surface area contributed by atoms with Crippen LogP contribution in [0.15, 0.2) is 47.2 Å². The lowest BCUT2D eigenvalue weighted by Gasteiger charge is -2.18. The quantitative estimate of drug-likeness (QED) is 0.216. The summed E-state index contributed by atoms with van der Waals surface area (Å²) in [5.41, 5.74) is 3.06. The summed E-state index contributed by atoms with van der Waals surface area (Å²) in [6.45, 7) is 6.41. The zero-order valence-electron chi connectivity index (χ0n) is 20.6. The van der Waals surface area contributed by atoms with Crippen LogP contribution in [0.4, 0.5) is 10.2 Å². The molecule has 1 aliphatic rings. The minimum absolute atomic E-state index is 0.00107. The fourth-order valence-electron chi connectivity index (χ4n) is 4.48. The molecule has 0 fully saturated rings. The molecule has 10 nitrogen and oxygen atoms in total. The van der Waals surface area contributed by atoms with E-state index in [0.717, 1.165) is 11.3 Å². The molecular formula is C25H24BrFN6O4. The second-order valence-electron chi connectivity index (χ2n) is 9.57.